The molecule has 4 rings (SSSR count). The molecule has 0 saturated carbocycles. The van der Waals surface area contributed by atoms with Crippen molar-refractivity contribution in [2.45, 2.75) is 18.4 Å². The van der Waals surface area contributed by atoms with E-state index in [9.17, 15) is 22.7 Å². The summed E-state index contributed by atoms with van der Waals surface area (Å²) in [7, 11) is -3.65. The fourth-order valence-electron chi connectivity index (χ4n) is 3.56. The van der Waals surface area contributed by atoms with Gasteiger partial charge in [-0.2, -0.15) is 0 Å². The minimum atomic E-state index is -3.65. The number of fused-ring (bicyclic) bond motifs is 2. The summed E-state index contributed by atoms with van der Waals surface area (Å²) in [4.78, 5) is 11.5. The first-order valence-corrected chi connectivity index (χ1v) is 10.3. The lowest BCUT2D eigenvalue weighted by Crippen LogP contribution is -2.10. The van der Waals surface area contributed by atoms with Crippen LogP contribution in [0.2, 0.25) is 0 Å². The Balaban J connectivity index is 2.08. The number of aromatic nitrogens is 1. The number of rotatable bonds is 3. The van der Waals surface area contributed by atoms with E-state index in [1.54, 1.807) is 23.6 Å². The van der Waals surface area contributed by atoms with E-state index in [0.29, 0.717) is 37.8 Å². The first kappa shape index (κ1) is 17.9. The van der Waals surface area contributed by atoms with E-state index in [1.807, 2.05) is 0 Å². The van der Waals surface area contributed by atoms with Gasteiger partial charge in [0.2, 0.25) is 9.84 Å². The van der Waals surface area contributed by atoms with Crippen molar-refractivity contribution in [3.8, 4) is 0 Å². The lowest BCUT2D eigenvalue weighted by atomic mass is 9.97. The molecule has 27 heavy (non-hydrogen) atoms. The molecule has 8 heteroatoms. The van der Waals surface area contributed by atoms with Crippen LogP contribution in [0.1, 0.15) is 16.8 Å². The van der Waals surface area contributed by atoms with Crippen molar-refractivity contribution in [2.75, 3.05) is 0 Å². The molecular weight excluding hydrogens is 437 g/mol. The van der Waals surface area contributed by atoms with Crippen molar-refractivity contribution in [3.63, 3.8) is 0 Å². The van der Waals surface area contributed by atoms with E-state index in [2.05, 4.69) is 15.9 Å². The molecule has 0 bridgehead atoms. The molecule has 2 aromatic carbocycles. The van der Waals surface area contributed by atoms with Gasteiger partial charge in [-0.25, -0.2) is 12.8 Å². The van der Waals surface area contributed by atoms with Crippen molar-refractivity contribution in [3.05, 3.63) is 68.9 Å². The second kappa shape index (κ2) is 6.03. The maximum Gasteiger partial charge on any atom is 0.323 e. The number of hydrogen-bond acceptors (Lipinski definition) is 3. The molecule has 5 nitrogen and oxygen atoms in total. The van der Waals surface area contributed by atoms with Crippen molar-refractivity contribution < 1.29 is 22.7 Å². The highest BCUT2D eigenvalue weighted by atomic mass is 79.9. The highest BCUT2D eigenvalue weighted by Gasteiger charge is 2.31. The van der Waals surface area contributed by atoms with Gasteiger partial charge in [0.05, 0.1) is 4.90 Å². The second-order valence-electron chi connectivity index (χ2n) is 6.32. The lowest BCUT2D eigenvalue weighted by Gasteiger charge is -2.07. The van der Waals surface area contributed by atoms with Gasteiger partial charge in [0.1, 0.15) is 12.4 Å². The Morgan fingerprint density at radius 1 is 1.22 bits per heavy atom. The molecular formula is C19H13BrFNO4S. The standard InChI is InChI=1S/C19H13BrFNO4S/c1-10-19(14-7-12(21)3-5-16(14)22(10)8-18(23)24)15-9-27(25,26)17-6-11(20)2-4-13(15)17/h2-7,9H,8H2,1H3,(H,23,24). The molecule has 1 aliphatic rings. The molecule has 1 aliphatic heterocycles. The zero-order valence-corrected chi connectivity index (χ0v) is 16.4. The number of hydrogen-bond donors (Lipinski definition) is 1. The number of halogens is 2. The summed E-state index contributed by atoms with van der Waals surface area (Å²) in [5.74, 6) is -1.52. The number of carboxylic acid groups (broad SMARTS) is 1. The van der Waals surface area contributed by atoms with E-state index in [0.717, 1.165) is 0 Å². The largest absolute Gasteiger partial charge is 0.480 e. The number of nitrogens with zero attached hydrogens (tertiary/aromatic N) is 1. The van der Waals surface area contributed by atoms with Crippen LogP contribution in [0.3, 0.4) is 0 Å². The molecule has 0 radical (unpaired) electrons. The summed E-state index contributed by atoms with van der Waals surface area (Å²) < 4.78 is 41.4. The Morgan fingerprint density at radius 2 is 1.96 bits per heavy atom. The third kappa shape index (κ3) is 2.80. The minimum absolute atomic E-state index is 0.168. The second-order valence-corrected chi connectivity index (χ2v) is 9.00. The minimum Gasteiger partial charge on any atom is -0.480 e. The number of sulfone groups is 1. The smallest absolute Gasteiger partial charge is 0.323 e. The Bertz CT molecular complexity index is 1270. The molecule has 138 valence electrons. The first-order chi connectivity index (χ1) is 12.7. The van der Waals surface area contributed by atoms with Crippen LogP contribution in [0.5, 0.6) is 0 Å². The number of carbonyl (C=O) groups is 1. The molecule has 0 amide bonds. The van der Waals surface area contributed by atoms with Crippen LogP contribution in [0.15, 0.2) is 51.2 Å². The van der Waals surface area contributed by atoms with Gasteiger partial charge in [-0.15, -0.1) is 0 Å². The summed E-state index contributed by atoms with van der Waals surface area (Å²) in [5.41, 5.74) is 2.58. The quantitative estimate of drug-likeness (QED) is 0.652. The van der Waals surface area contributed by atoms with Gasteiger partial charge >= 0.3 is 5.97 Å². The molecule has 0 saturated heterocycles. The Kier molecular flexibility index (Phi) is 4.01. The number of benzene rings is 2. The van der Waals surface area contributed by atoms with Crippen LogP contribution in [0, 0.1) is 12.7 Å². The van der Waals surface area contributed by atoms with Crippen LogP contribution in [-0.4, -0.2) is 24.1 Å². The van der Waals surface area contributed by atoms with Gasteiger partial charge in [0.15, 0.2) is 0 Å². The molecule has 0 spiro atoms. The summed E-state index contributed by atoms with van der Waals surface area (Å²) in [6.07, 6.45) is 0. The van der Waals surface area contributed by atoms with Gasteiger partial charge < -0.3 is 9.67 Å². The van der Waals surface area contributed by atoms with Crippen molar-refractivity contribution in [2.24, 2.45) is 0 Å². The zero-order chi connectivity index (χ0) is 19.5. The Hall–Kier alpha value is -2.45. The van der Waals surface area contributed by atoms with E-state index in [-0.39, 0.29) is 11.4 Å². The molecule has 3 aromatic rings. The Morgan fingerprint density at radius 3 is 2.67 bits per heavy atom. The van der Waals surface area contributed by atoms with Crippen LogP contribution in [-0.2, 0) is 21.2 Å². The van der Waals surface area contributed by atoms with E-state index in [1.165, 1.54) is 29.7 Å². The lowest BCUT2D eigenvalue weighted by molar-refractivity contribution is -0.137. The molecule has 1 aromatic heterocycles. The van der Waals surface area contributed by atoms with Gasteiger partial charge in [-0.3, -0.25) is 4.79 Å². The fraction of sp³-hybridized carbons (Fsp3) is 0.105. The van der Waals surface area contributed by atoms with Crippen molar-refractivity contribution in [1.82, 2.24) is 4.57 Å². The van der Waals surface area contributed by atoms with Gasteiger partial charge in [-0.05, 0) is 37.3 Å². The van der Waals surface area contributed by atoms with Crippen LogP contribution < -0.4 is 0 Å². The van der Waals surface area contributed by atoms with E-state index in [4.69, 9.17) is 0 Å². The maximum absolute atomic E-state index is 13.9. The predicted molar refractivity (Wildman–Crippen MR) is 103 cm³/mol. The van der Waals surface area contributed by atoms with Crippen molar-refractivity contribution in [1.29, 1.82) is 0 Å². The summed E-state index contributed by atoms with van der Waals surface area (Å²) in [6.45, 7) is 1.40. The van der Waals surface area contributed by atoms with Gasteiger partial charge in [-0.1, -0.05) is 22.0 Å². The molecule has 0 aliphatic carbocycles. The fourth-order valence-corrected chi connectivity index (χ4v) is 5.53. The van der Waals surface area contributed by atoms with Crippen LogP contribution in [0.4, 0.5) is 4.39 Å². The SMILES string of the molecule is Cc1c(C2=CS(=O)(=O)c3cc(Br)ccc32)c2cc(F)ccc2n1CC(=O)O. The predicted octanol–water partition coefficient (Wildman–Crippen LogP) is 4.11. The topological polar surface area (TPSA) is 76.4 Å². The summed E-state index contributed by atoms with van der Waals surface area (Å²) >= 11 is 3.28. The average molecular weight is 450 g/mol. The summed E-state index contributed by atoms with van der Waals surface area (Å²) in [6, 6.07) is 9.03. The highest BCUT2D eigenvalue weighted by Crippen LogP contribution is 2.43. The van der Waals surface area contributed by atoms with Gasteiger partial charge in [0.25, 0.3) is 0 Å². The third-order valence-corrected chi connectivity index (χ3v) is 6.65. The van der Waals surface area contributed by atoms with E-state index >= 15 is 0 Å². The number of aliphatic carboxylic acids is 1. The van der Waals surface area contributed by atoms with Crippen molar-refractivity contribution >= 4 is 48.2 Å². The highest BCUT2D eigenvalue weighted by molar-refractivity contribution is 9.10. The Labute approximate surface area is 162 Å². The maximum atomic E-state index is 13.9. The molecule has 0 atom stereocenters. The molecule has 2 heterocycles. The van der Waals surface area contributed by atoms with Crippen LogP contribution >= 0.6 is 15.9 Å². The number of carboxylic acids is 1. The third-order valence-electron chi connectivity index (χ3n) is 4.66. The first-order valence-electron chi connectivity index (χ1n) is 7.96. The average Bonchev–Trinajstić information content (AvgIpc) is 2.98. The molecule has 1 N–H and O–H groups in total. The molecule has 0 fully saturated rings. The summed E-state index contributed by atoms with van der Waals surface area (Å²) in [5, 5.41) is 10.9. The van der Waals surface area contributed by atoms with Gasteiger partial charge in [0, 0.05) is 43.2 Å². The van der Waals surface area contributed by atoms with E-state index < -0.39 is 21.6 Å². The van der Waals surface area contributed by atoms with Crippen LogP contribution in [0.25, 0.3) is 16.5 Å². The molecule has 0 unspecified atom stereocenters. The monoisotopic (exact) mass is 449 g/mol. The zero-order valence-electron chi connectivity index (χ0n) is 14.0. The normalized spacial score (nSPS) is 15.0.